The molecule has 0 aromatic heterocycles. The van der Waals surface area contributed by atoms with Crippen LogP contribution in [0.2, 0.25) is 0 Å². The molecule has 2 heterocycles. The molecule has 176 valence electrons. The van der Waals surface area contributed by atoms with Gasteiger partial charge in [-0.3, -0.25) is 0 Å². The first-order chi connectivity index (χ1) is 15.3. The van der Waals surface area contributed by atoms with E-state index in [4.69, 9.17) is 18.9 Å². The first kappa shape index (κ1) is 24.6. The van der Waals surface area contributed by atoms with Crippen molar-refractivity contribution in [2.45, 2.75) is 95.4 Å². The van der Waals surface area contributed by atoms with Crippen molar-refractivity contribution in [2.24, 2.45) is 11.8 Å². The van der Waals surface area contributed by atoms with Crippen molar-refractivity contribution in [3.63, 3.8) is 0 Å². The summed E-state index contributed by atoms with van der Waals surface area (Å²) in [7, 11) is 0. The summed E-state index contributed by atoms with van der Waals surface area (Å²) in [5.74, 6) is -0.0179. The van der Waals surface area contributed by atoms with E-state index in [0.29, 0.717) is 19.4 Å². The van der Waals surface area contributed by atoms with E-state index in [9.17, 15) is 9.90 Å². The molecule has 6 atom stereocenters. The van der Waals surface area contributed by atoms with E-state index in [0.717, 1.165) is 70.9 Å². The lowest BCUT2D eigenvalue weighted by atomic mass is 9.90. The fourth-order valence-electron chi connectivity index (χ4n) is 4.75. The van der Waals surface area contributed by atoms with Gasteiger partial charge in [0.15, 0.2) is 12.6 Å². The van der Waals surface area contributed by atoms with Crippen LogP contribution in [0.1, 0.15) is 70.6 Å². The van der Waals surface area contributed by atoms with Crippen LogP contribution < -0.4 is 0 Å². The molecular weight excluding hydrogens is 396 g/mol. The Morgan fingerprint density at radius 3 is 2.32 bits per heavy atom. The Hall–Kier alpha value is -1.05. The molecule has 0 bridgehead atoms. The van der Waals surface area contributed by atoms with E-state index < -0.39 is 6.10 Å². The minimum Gasteiger partial charge on any atom is -0.393 e. The molecule has 6 heteroatoms. The van der Waals surface area contributed by atoms with Crippen LogP contribution in [-0.4, -0.2) is 56.0 Å². The third kappa shape index (κ3) is 8.43. The van der Waals surface area contributed by atoms with Gasteiger partial charge < -0.3 is 28.8 Å². The summed E-state index contributed by atoms with van der Waals surface area (Å²) < 4.78 is 23.2. The fraction of sp³-hybridized carbons (Fsp3) is 0.800. The Morgan fingerprint density at radius 2 is 1.61 bits per heavy atom. The van der Waals surface area contributed by atoms with E-state index >= 15 is 0 Å². The van der Waals surface area contributed by atoms with Crippen LogP contribution in [0, 0.1) is 11.8 Å². The monoisotopic (exact) mass is 436 g/mol. The van der Waals surface area contributed by atoms with Crippen LogP contribution in [0.25, 0.3) is 0 Å². The van der Waals surface area contributed by atoms with Crippen molar-refractivity contribution in [3.05, 3.63) is 24.3 Å². The fourth-order valence-corrected chi connectivity index (χ4v) is 4.75. The van der Waals surface area contributed by atoms with Crippen molar-refractivity contribution in [1.82, 2.24) is 0 Å². The third-order valence-corrected chi connectivity index (χ3v) is 6.48. The number of aliphatic hydroxyl groups is 1. The number of rotatable bonds is 12. The molecule has 1 N–H and O–H groups in total. The Balaban J connectivity index is 1.37. The second-order valence-corrected chi connectivity index (χ2v) is 8.85. The van der Waals surface area contributed by atoms with E-state index in [-0.39, 0.29) is 30.5 Å². The third-order valence-electron chi connectivity index (χ3n) is 6.48. The lowest BCUT2D eigenvalue weighted by Crippen LogP contribution is -2.30. The SMILES string of the molecule is O=CC[C@@H]1[C@@H](/C=C/CC/C=C\CCOC2CCCCO2)[C@H](OC2CCCCO2)C[C@@H]1O. The molecule has 6 nitrogen and oxygen atoms in total. The lowest BCUT2D eigenvalue weighted by molar-refractivity contribution is -0.193. The van der Waals surface area contributed by atoms with Gasteiger partial charge in [-0.05, 0) is 57.8 Å². The Kier molecular flexibility index (Phi) is 11.2. The molecule has 0 spiro atoms. The normalized spacial score (nSPS) is 34.6. The zero-order chi connectivity index (χ0) is 21.7. The molecule has 2 unspecified atom stereocenters. The lowest BCUT2D eigenvalue weighted by Gasteiger charge is -2.28. The van der Waals surface area contributed by atoms with Crippen molar-refractivity contribution in [3.8, 4) is 0 Å². The van der Waals surface area contributed by atoms with E-state index in [2.05, 4.69) is 24.3 Å². The molecule has 0 aromatic carbocycles. The summed E-state index contributed by atoms with van der Waals surface area (Å²) in [6.07, 6.45) is 19.0. The summed E-state index contributed by atoms with van der Waals surface area (Å²) >= 11 is 0. The van der Waals surface area contributed by atoms with Gasteiger partial charge in [0.25, 0.3) is 0 Å². The van der Waals surface area contributed by atoms with E-state index in [1.807, 2.05) is 0 Å². The van der Waals surface area contributed by atoms with E-state index in [1.54, 1.807) is 0 Å². The number of ether oxygens (including phenoxy) is 4. The number of carbonyl (C=O) groups excluding carboxylic acids is 1. The maximum Gasteiger partial charge on any atom is 0.157 e. The van der Waals surface area contributed by atoms with Gasteiger partial charge in [0, 0.05) is 37.9 Å². The van der Waals surface area contributed by atoms with Gasteiger partial charge >= 0.3 is 0 Å². The molecular formula is C25H40O6. The van der Waals surface area contributed by atoms with Gasteiger partial charge in [-0.25, -0.2) is 0 Å². The molecule has 2 aliphatic heterocycles. The molecule has 0 amide bonds. The second-order valence-electron chi connectivity index (χ2n) is 8.85. The number of aliphatic hydroxyl groups excluding tert-OH is 1. The number of hydrogen-bond acceptors (Lipinski definition) is 6. The molecule has 31 heavy (non-hydrogen) atoms. The van der Waals surface area contributed by atoms with Crippen molar-refractivity contribution >= 4 is 6.29 Å². The molecule has 1 saturated carbocycles. The highest BCUT2D eigenvalue weighted by molar-refractivity contribution is 5.50. The van der Waals surface area contributed by atoms with Gasteiger partial charge in [-0.1, -0.05) is 24.3 Å². The number of carbonyl (C=O) groups is 1. The highest BCUT2D eigenvalue weighted by atomic mass is 16.7. The Bertz CT molecular complexity index is 550. The molecule has 2 saturated heterocycles. The predicted molar refractivity (Wildman–Crippen MR) is 118 cm³/mol. The van der Waals surface area contributed by atoms with Crippen LogP contribution >= 0.6 is 0 Å². The smallest absolute Gasteiger partial charge is 0.157 e. The van der Waals surface area contributed by atoms with Gasteiger partial charge in [0.1, 0.15) is 6.29 Å². The predicted octanol–water partition coefficient (Wildman–Crippen LogP) is 4.31. The van der Waals surface area contributed by atoms with Gasteiger partial charge in [-0.15, -0.1) is 0 Å². The van der Waals surface area contributed by atoms with Crippen LogP contribution in [-0.2, 0) is 23.7 Å². The molecule has 3 rings (SSSR count). The van der Waals surface area contributed by atoms with Crippen LogP contribution in [0.4, 0.5) is 0 Å². The van der Waals surface area contributed by atoms with Crippen LogP contribution in [0.3, 0.4) is 0 Å². The topological polar surface area (TPSA) is 74.2 Å². The summed E-state index contributed by atoms with van der Waals surface area (Å²) in [5.41, 5.74) is 0. The maximum atomic E-state index is 11.1. The summed E-state index contributed by atoms with van der Waals surface area (Å²) in [6.45, 7) is 2.26. The summed E-state index contributed by atoms with van der Waals surface area (Å²) in [4.78, 5) is 11.1. The quantitative estimate of drug-likeness (QED) is 0.279. The van der Waals surface area contributed by atoms with E-state index in [1.165, 1.54) is 6.42 Å². The number of hydrogen-bond donors (Lipinski definition) is 1. The zero-order valence-corrected chi connectivity index (χ0v) is 18.7. The average Bonchev–Trinajstić information content (AvgIpc) is 3.08. The highest BCUT2D eigenvalue weighted by Crippen LogP contribution is 2.38. The second kappa shape index (κ2) is 14.2. The molecule has 3 aliphatic rings. The van der Waals surface area contributed by atoms with Crippen LogP contribution in [0.5, 0.6) is 0 Å². The zero-order valence-electron chi connectivity index (χ0n) is 18.7. The minimum absolute atomic E-state index is 0.0136. The average molecular weight is 437 g/mol. The van der Waals surface area contributed by atoms with Gasteiger partial charge in [0.2, 0.25) is 0 Å². The Morgan fingerprint density at radius 1 is 0.903 bits per heavy atom. The largest absolute Gasteiger partial charge is 0.393 e. The standard InChI is InChI=1S/C25H40O6/c26-15-14-20-21(23(19-22(20)27)31-25-13-7-10-18-30-25)11-5-3-1-2-4-8-16-28-24-12-6-9-17-29-24/h2,4-5,11,15,20-25,27H,1,3,6-10,12-14,16-19H2/b4-2-,11-5+/t20-,21-,22+,23-,24?,25?/m1/s1. The van der Waals surface area contributed by atoms with Crippen LogP contribution in [0.15, 0.2) is 24.3 Å². The van der Waals surface area contributed by atoms with Crippen molar-refractivity contribution in [1.29, 1.82) is 0 Å². The molecule has 0 radical (unpaired) electrons. The Labute approximate surface area is 187 Å². The number of allylic oxidation sites excluding steroid dienone is 2. The maximum absolute atomic E-state index is 11.1. The summed E-state index contributed by atoms with van der Waals surface area (Å²) in [5, 5.41) is 10.5. The highest BCUT2D eigenvalue weighted by Gasteiger charge is 2.42. The first-order valence-corrected chi connectivity index (χ1v) is 12.2. The summed E-state index contributed by atoms with van der Waals surface area (Å²) in [6, 6.07) is 0. The number of unbranched alkanes of at least 4 members (excludes halogenated alkanes) is 1. The number of aldehydes is 1. The minimum atomic E-state index is -0.499. The van der Waals surface area contributed by atoms with Crippen molar-refractivity contribution < 1.29 is 28.8 Å². The van der Waals surface area contributed by atoms with Gasteiger partial charge in [-0.2, -0.15) is 0 Å². The molecule has 0 aromatic rings. The molecule has 1 aliphatic carbocycles. The van der Waals surface area contributed by atoms with Gasteiger partial charge in [0.05, 0.1) is 18.8 Å². The van der Waals surface area contributed by atoms with Crippen molar-refractivity contribution in [2.75, 3.05) is 19.8 Å². The first-order valence-electron chi connectivity index (χ1n) is 12.2. The molecule has 3 fully saturated rings.